The maximum absolute atomic E-state index is 15.7. The Hall–Kier alpha value is -4.26. The first-order chi connectivity index (χ1) is 19.6. The van der Waals surface area contributed by atoms with Crippen LogP contribution in [0.1, 0.15) is 40.5 Å². The van der Waals surface area contributed by atoms with E-state index in [0.29, 0.717) is 16.0 Å². The van der Waals surface area contributed by atoms with Gasteiger partial charge in [0, 0.05) is 24.4 Å². The van der Waals surface area contributed by atoms with Crippen LogP contribution in [-0.2, 0) is 0 Å². The van der Waals surface area contributed by atoms with E-state index in [1.54, 1.807) is 24.3 Å². The second-order valence-electron chi connectivity index (χ2n) is 10.2. The zero-order chi connectivity index (χ0) is 28.8. The van der Waals surface area contributed by atoms with Crippen molar-refractivity contribution in [3.8, 4) is 27.4 Å². The van der Waals surface area contributed by atoms with Crippen molar-refractivity contribution >= 4 is 17.2 Å². The number of aromatic nitrogens is 2. The third kappa shape index (κ3) is 3.64. The van der Waals surface area contributed by atoms with Gasteiger partial charge in [0.1, 0.15) is 6.17 Å². The molecule has 0 spiro atoms. The fourth-order valence-electron chi connectivity index (χ4n) is 6.26. The van der Waals surface area contributed by atoms with E-state index in [1.807, 2.05) is 0 Å². The number of benzene rings is 2. The molecule has 2 aliphatic heterocycles. The number of alkyl halides is 3. The van der Waals surface area contributed by atoms with Gasteiger partial charge in [0.05, 0.1) is 28.0 Å². The summed E-state index contributed by atoms with van der Waals surface area (Å²) in [4.78, 5) is 32.1. The molecule has 0 bridgehead atoms. The first-order valence-electron chi connectivity index (χ1n) is 12.7. The molecule has 2 aromatic heterocycles. The Morgan fingerprint density at radius 2 is 1.80 bits per heavy atom. The monoisotopic (exact) mass is 586 g/mol. The molecule has 1 amide bonds. The number of hydrogen-bond donors (Lipinski definition) is 1. The third-order valence-corrected chi connectivity index (χ3v) is 8.96. The molecule has 3 atom stereocenters. The highest BCUT2D eigenvalue weighted by molar-refractivity contribution is 7.13. The van der Waals surface area contributed by atoms with Gasteiger partial charge in [0.15, 0.2) is 23.1 Å². The lowest BCUT2D eigenvalue weighted by atomic mass is 9.88. The number of amides is 1. The van der Waals surface area contributed by atoms with Crippen LogP contribution in [0.4, 0.5) is 22.0 Å². The highest BCUT2D eigenvalue weighted by atomic mass is 32.1. The molecule has 0 radical (unpaired) electrons. The maximum Gasteiger partial charge on any atom is 0.392 e. The summed E-state index contributed by atoms with van der Waals surface area (Å²) in [6.07, 6.45) is -5.42. The van der Waals surface area contributed by atoms with Gasteiger partial charge in [-0.2, -0.15) is 13.2 Å². The molecule has 4 aromatic rings. The predicted octanol–water partition coefficient (Wildman–Crippen LogP) is 5.42. The number of halogens is 5. The summed E-state index contributed by atoms with van der Waals surface area (Å²) in [6.45, 7) is -0.291. The first kappa shape index (κ1) is 25.7. The van der Waals surface area contributed by atoms with Crippen LogP contribution < -0.4 is 10.4 Å². The molecule has 13 heteroatoms. The summed E-state index contributed by atoms with van der Waals surface area (Å²) in [6, 6.07) is 9.18. The number of piperidine rings is 1. The number of thiazole rings is 1. The smallest absolute Gasteiger partial charge is 0.392 e. The van der Waals surface area contributed by atoms with E-state index >= 15 is 4.39 Å². The molecule has 1 unspecified atom stereocenters. The Morgan fingerprint density at radius 3 is 2.59 bits per heavy atom. The van der Waals surface area contributed by atoms with Crippen molar-refractivity contribution in [2.75, 3.05) is 11.6 Å². The van der Waals surface area contributed by atoms with E-state index in [2.05, 4.69) is 4.98 Å². The second kappa shape index (κ2) is 8.87. The molecular formula is C28H19F5N4O3S. The molecule has 1 fully saturated rings. The average Bonchev–Trinajstić information content (AvgIpc) is 3.39. The summed E-state index contributed by atoms with van der Waals surface area (Å²) < 4.78 is 73.7. The molecule has 2 aromatic carbocycles. The summed E-state index contributed by atoms with van der Waals surface area (Å²) in [5.74, 6) is -5.69. The Morgan fingerprint density at radius 1 is 1.02 bits per heavy atom. The predicted molar refractivity (Wildman–Crippen MR) is 139 cm³/mol. The quantitative estimate of drug-likeness (QED) is 0.302. The van der Waals surface area contributed by atoms with Crippen molar-refractivity contribution < 1.29 is 31.9 Å². The molecule has 7 rings (SSSR count). The molecule has 3 aliphatic rings. The second-order valence-corrected chi connectivity index (χ2v) is 11.0. The van der Waals surface area contributed by atoms with E-state index in [-0.39, 0.29) is 29.8 Å². The number of rotatable bonds is 1. The fraction of sp³-hybridized carbons (Fsp3) is 0.250. The van der Waals surface area contributed by atoms with Gasteiger partial charge in [0.2, 0.25) is 5.43 Å². The van der Waals surface area contributed by atoms with Crippen molar-refractivity contribution in [3.05, 3.63) is 92.9 Å². The zero-order valence-corrected chi connectivity index (χ0v) is 21.7. The molecule has 7 nitrogen and oxygen atoms in total. The molecule has 0 saturated carbocycles. The number of pyridine rings is 1. The molecule has 4 heterocycles. The average molecular weight is 587 g/mol. The van der Waals surface area contributed by atoms with E-state index in [4.69, 9.17) is 0 Å². The van der Waals surface area contributed by atoms with Crippen LogP contribution in [0.5, 0.6) is 5.75 Å². The molecule has 1 N–H and O–H groups in total. The van der Waals surface area contributed by atoms with Gasteiger partial charge in [0.25, 0.3) is 5.91 Å². The van der Waals surface area contributed by atoms with Crippen LogP contribution in [0.25, 0.3) is 21.7 Å². The third-order valence-electron chi connectivity index (χ3n) is 8.10. The van der Waals surface area contributed by atoms with Gasteiger partial charge in [-0.3, -0.25) is 19.3 Å². The summed E-state index contributed by atoms with van der Waals surface area (Å²) in [7, 11) is 0. The van der Waals surface area contributed by atoms with Gasteiger partial charge < -0.3 is 10.0 Å². The molecule has 210 valence electrons. The van der Waals surface area contributed by atoms with Gasteiger partial charge in [-0.1, -0.05) is 30.3 Å². The van der Waals surface area contributed by atoms with Gasteiger partial charge in [-0.15, -0.1) is 11.3 Å². The van der Waals surface area contributed by atoms with Crippen molar-refractivity contribution in [2.45, 2.75) is 31.2 Å². The topological polar surface area (TPSA) is 78.7 Å². The fourth-order valence-corrected chi connectivity index (χ4v) is 7.10. The van der Waals surface area contributed by atoms with Crippen LogP contribution in [-0.4, -0.2) is 44.5 Å². The van der Waals surface area contributed by atoms with Crippen LogP contribution >= 0.6 is 11.3 Å². The molecular weight excluding hydrogens is 567 g/mol. The molecule has 41 heavy (non-hydrogen) atoms. The maximum atomic E-state index is 15.7. The number of fused-ring (bicyclic) bond motifs is 7. The Bertz CT molecular complexity index is 1800. The highest BCUT2D eigenvalue weighted by Crippen LogP contribution is 2.51. The van der Waals surface area contributed by atoms with Crippen LogP contribution in [0.2, 0.25) is 0 Å². The Kier molecular flexibility index (Phi) is 5.56. The minimum atomic E-state index is -4.55. The first-order valence-corrected chi connectivity index (χ1v) is 13.6. The standard InChI is InChI=1S/C28H19F5N4O3S/c29-17-6-5-16-20(21(17)30)22-26(41-12-34-22)15-4-2-1-3-14(15)23(16)37-19-11-13(28(31,32)33)7-9-35(19)27(40)24-25(39)18(38)8-10-36(24)37/h1-6,8,10,12-13,19,23,39H,7,9,11H2/t13?,19-,23-/m1/s1. The van der Waals surface area contributed by atoms with Crippen LogP contribution in [0.3, 0.4) is 0 Å². The Balaban J connectivity index is 1.57. The minimum absolute atomic E-state index is 0.152. The zero-order valence-electron chi connectivity index (χ0n) is 20.9. The van der Waals surface area contributed by atoms with Crippen molar-refractivity contribution in [2.24, 2.45) is 5.92 Å². The lowest BCUT2D eigenvalue weighted by Crippen LogP contribution is -2.65. The summed E-state index contributed by atoms with van der Waals surface area (Å²) >= 11 is 1.21. The molecule has 1 aliphatic carbocycles. The number of carbonyl (C=O) groups excluding carboxylic acids is 1. The lowest BCUT2D eigenvalue weighted by Gasteiger charge is -2.53. The van der Waals surface area contributed by atoms with Crippen LogP contribution in [0.15, 0.2) is 59.0 Å². The SMILES string of the molecule is O=C1c2c(O)c(=O)ccn2N([C@@H]2c3ccccc3-c3scnc3-c3c2ccc(F)c3F)[C@@H]2CC(C(F)(F)F)CCN12. The normalized spacial score (nSPS) is 21.4. The van der Waals surface area contributed by atoms with E-state index in [0.717, 1.165) is 12.1 Å². The molecule has 1 saturated heterocycles. The number of carbonyl (C=O) groups is 1. The van der Waals surface area contributed by atoms with Crippen molar-refractivity contribution in [1.82, 2.24) is 14.6 Å². The van der Waals surface area contributed by atoms with Gasteiger partial charge in [-0.25, -0.2) is 13.8 Å². The largest absolute Gasteiger partial charge is 0.502 e. The Labute approximate surface area is 232 Å². The number of nitrogens with zero attached hydrogens (tertiary/aromatic N) is 4. The minimum Gasteiger partial charge on any atom is -0.502 e. The van der Waals surface area contributed by atoms with E-state index < -0.39 is 65.1 Å². The lowest BCUT2D eigenvalue weighted by molar-refractivity contribution is -0.189. The van der Waals surface area contributed by atoms with E-state index in [1.165, 1.54) is 43.7 Å². The van der Waals surface area contributed by atoms with Crippen molar-refractivity contribution in [3.63, 3.8) is 0 Å². The van der Waals surface area contributed by atoms with Crippen LogP contribution in [0, 0.1) is 17.6 Å². The van der Waals surface area contributed by atoms with Crippen molar-refractivity contribution in [1.29, 1.82) is 0 Å². The number of aromatic hydroxyl groups is 1. The number of hydrogen-bond acceptors (Lipinski definition) is 6. The van der Waals surface area contributed by atoms with E-state index in [9.17, 15) is 32.3 Å². The van der Waals surface area contributed by atoms with Gasteiger partial charge >= 0.3 is 6.18 Å². The highest BCUT2D eigenvalue weighted by Gasteiger charge is 2.52. The van der Waals surface area contributed by atoms with Gasteiger partial charge in [-0.05, 0) is 35.6 Å². The summed E-state index contributed by atoms with van der Waals surface area (Å²) in [5, 5.41) is 12.2. The summed E-state index contributed by atoms with van der Waals surface area (Å²) in [5.41, 5.74) is 1.62.